The lowest BCUT2D eigenvalue weighted by Gasteiger charge is -2.36. The number of rotatable bonds is 4. The van der Waals surface area contributed by atoms with Gasteiger partial charge in [-0.15, -0.1) is 0 Å². The van der Waals surface area contributed by atoms with Gasteiger partial charge in [-0.1, -0.05) is 36.4 Å². The van der Waals surface area contributed by atoms with E-state index in [-0.39, 0.29) is 11.9 Å². The van der Waals surface area contributed by atoms with Crippen molar-refractivity contribution in [3.63, 3.8) is 0 Å². The Morgan fingerprint density at radius 1 is 0.667 bits per heavy atom. The summed E-state index contributed by atoms with van der Waals surface area (Å²) in [6, 6.07) is 27.4. The second kappa shape index (κ2) is 10.1. The van der Waals surface area contributed by atoms with E-state index in [0.29, 0.717) is 13.1 Å². The first-order chi connectivity index (χ1) is 17.5. The molecule has 5 rings (SSSR count). The average molecular weight is 479 g/mol. The molecule has 0 aromatic heterocycles. The molecular formula is C30H30N4O2. The monoisotopic (exact) mass is 478 g/mol. The first kappa shape index (κ1) is 23.4. The van der Waals surface area contributed by atoms with Crippen molar-refractivity contribution in [3.05, 3.63) is 102 Å². The Bertz CT molecular complexity index is 1410. The van der Waals surface area contributed by atoms with Gasteiger partial charge in [0.1, 0.15) is 0 Å². The van der Waals surface area contributed by atoms with Crippen LogP contribution < -0.4 is 15.5 Å². The van der Waals surface area contributed by atoms with Gasteiger partial charge in [-0.25, -0.2) is 4.79 Å². The number of hydrogen-bond acceptors (Lipinski definition) is 3. The molecule has 0 atom stereocenters. The maximum atomic E-state index is 13.1. The van der Waals surface area contributed by atoms with Crippen LogP contribution in [0, 0.1) is 13.8 Å². The van der Waals surface area contributed by atoms with Gasteiger partial charge in [-0.2, -0.15) is 0 Å². The first-order valence-corrected chi connectivity index (χ1v) is 12.2. The standard InChI is InChI=1S/C30H30N4O2/c1-21-7-10-27(19-22(21)2)32-30(36)31-26-11-13-28(14-12-26)33-15-17-34(18-16-33)29(35)25-9-8-23-5-3-4-6-24(23)20-25/h3-14,19-20H,15-18H2,1-2H3,(H2,31,32,36). The molecule has 2 N–H and O–H groups in total. The van der Waals surface area contributed by atoms with Gasteiger partial charge in [0.2, 0.25) is 0 Å². The highest BCUT2D eigenvalue weighted by Gasteiger charge is 2.22. The number of nitrogens with zero attached hydrogens (tertiary/aromatic N) is 2. The van der Waals surface area contributed by atoms with Gasteiger partial charge in [0.25, 0.3) is 5.91 Å². The van der Waals surface area contributed by atoms with Crippen molar-refractivity contribution in [1.82, 2.24) is 4.90 Å². The van der Waals surface area contributed by atoms with E-state index in [1.807, 2.05) is 97.6 Å². The van der Waals surface area contributed by atoms with Crippen LogP contribution in [-0.2, 0) is 0 Å². The molecule has 6 heteroatoms. The fraction of sp³-hybridized carbons (Fsp3) is 0.200. The van der Waals surface area contributed by atoms with Crippen molar-refractivity contribution >= 4 is 39.8 Å². The summed E-state index contributed by atoms with van der Waals surface area (Å²) >= 11 is 0. The Labute approximate surface area is 211 Å². The minimum atomic E-state index is -0.271. The molecule has 1 aliphatic rings. The third-order valence-corrected chi connectivity index (χ3v) is 6.82. The molecule has 0 unspecified atom stereocenters. The maximum Gasteiger partial charge on any atom is 0.323 e. The predicted octanol–water partition coefficient (Wildman–Crippen LogP) is 6.06. The quantitative estimate of drug-likeness (QED) is 0.375. The van der Waals surface area contributed by atoms with Gasteiger partial charge in [0.15, 0.2) is 0 Å². The molecule has 6 nitrogen and oxygen atoms in total. The van der Waals surface area contributed by atoms with Crippen LogP contribution in [-0.4, -0.2) is 43.0 Å². The molecule has 3 amide bonds. The number of anilines is 3. The number of aryl methyl sites for hydroxylation is 2. The molecule has 0 aliphatic carbocycles. The van der Waals surface area contributed by atoms with E-state index in [9.17, 15) is 9.59 Å². The minimum Gasteiger partial charge on any atom is -0.368 e. The first-order valence-electron chi connectivity index (χ1n) is 12.2. The molecular weight excluding hydrogens is 448 g/mol. The van der Waals surface area contributed by atoms with E-state index in [0.717, 1.165) is 52.1 Å². The van der Waals surface area contributed by atoms with Crippen molar-refractivity contribution in [1.29, 1.82) is 0 Å². The summed E-state index contributed by atoms with van der Waals surface area (Å²) in [6.07, 6.45) is 0. The summed E-state index contributed by atoms with van der Waals surface area (Å²) in [6.45, 7) is 6.94. The van der Waals surface area contributed by atoms with Crippen molar-refractivity contribution in [2.45, 2.75) is 13.8 Å². The van der Waals surface area contributed by atoms with Crippen LogP contribution in [0.5, 0.6) is 0 Å². The van der Waals surface area contributed by atoms with Crippen LogP contribution in [0.1, 0.15) is 21.5 Å². The zero-order valence-electron chi connectivity index (χ0n) is 20.6. The van der Waals surface area contributed by atoms with Crippen LogP contribution >= 0.6 is 0 Å². The summed E-state index contributed by atoms with van der Waals surface area (Å²) in [5.41, 5.74) is 5.63. The van der Waals surface area contributed by atoms with Crippen molar-refractivity contribution in [3.8, 4) is 0 Å². The Balaban J connectivity index is 1.15. The second-order valence-electron chi connectivity index (χ2n) is 9.27. The molecule has 1 aliphatic heterocycles. The summed E-state index contributed by atoms with van der Waals surface area (Å²) in [4.78, 5) is 29.6. The van der Waals surface area contributed by atoms with E-state index in [4.69, 9.17) is 0 Å². The number of carbonyl (C=O) groups is 2. The molecule has 1 fully saturated rings. The number of benzene rings is 4. The van der Waals surface area contributed by atoms with Gasteiger partial charge in [-0.3, -0.25) is 4.79 Å². The molecule has 4 aromatic carbocycles. The van der Waals surface area contributed by atoms with E-state index in [1.165, 1.54) is 5.56 Å². The topological polar surface area (TPSA) is 64.7 Å². The third-order valence-electron chi connectivity index (χ3n) is 6.82. The van der Waals surface area contributed by atoms with Gasteiger partial charge in [-0.05, 0) is 84.3 Å². The van der Waals surface area contributed by atoms with Gasteiger partial charge < -0.3 is 20.4 Å². The summed E-state index contributed by atoms with van der Waals surface area (Å²) in [7, 11) is 0. The number of piperazine rings is 1. The third kappa shape index (κ3) is 5.18. The van der Waals surface area contributed by atoms with E-state index < -0.39 is 0 Å². The molecule has 1 heterocycles. The van der Waals surface area contributed by atoms with Crippen molar-refractivity contribution in [2.75, 3.05) is 41.7 Å². The fourth-order valence-corrected chi connectivity index (χ4v) is 4.54. The molecule has 182 valence electrons. The molecule has 0 bridgehead atoms. The SMILES string of the molecule is Cc1ccc(NC(=O)Nc2ccc(N3CCN(C(=O)c4ccc5ccccc5c4)CC3)cc2)cc1C. The van der Waals surface area contributed by atoms with Gasteiger partial charge >= 0.3 is 6.03 Å². The number of amides is 3. The number of carbonyl (C=O) groups excluding carboxylic acids is 2. The lowest BCUT2D eigenvalue weighted by atomic mass is 10.1. The number of hydrogen-bond donors (Lipinski definition) is 2. The lowest BCUT2D eigenvalue weighted by molar-refractivity contribution is 0.0747. The van der Waals surface area contributed by atoms with Crippen LogP contribution in [0.3, 0.4) is 0 Å². The highest BCUT2D eigenvalue weighted by molar-refractivity contribution is 6.00. The summed E-state index contributed by atoms with van der Waals surface area (Å²) < 4.78 is 0. The van der Waals surface area contributed by atoms with Crippen LogP contribution in [0.15, 0.2) is 84.9 Å². The molecule has 0 saturated carbocycles. The molecule has 0 spiro atoms. The highest BCUT2D eigenvalue weighted by atomic mass is 16.2. The van der Waals surface area contributed by atoms with Crippen molar-refractivity contribution in [2.24, 2.45) is 0 Å². The predicted molar refractivity (Wildman–Crippen MR) is 147 cm³/mol. The second-order valence-corrected chi connectivity index (χ2v) is 9.27. The normalized spacial score (nSPS) is 13.5. The zero-order chi connectivity index (χ0) is 25.1. The van der Waals surface area contributed by atoms with E-state index in [1.54, 1.807) is 0 Å². The molecule has 4 aromatic rings. The largest absolute Gasteiger partial charge is 0.368 e. The number of fused-ring (bicyclic) bond motifs is 1. The van der Waals surface area contributed by atoms with Gasteiger partial charge in [0, 0.05) is 48.8 Å². The number of urea groups is 1. The summed E-state index contributed by atoms with van der Waals surface area (Å²) in [5, 5.41) is 7.98. The Morgan fingerprint density at radius 2 is 1.33 bits per heavy atom. The molecule has 1 saturated heterocycles. The Hall–Kier alpha value is -4.32. The smallest absolute Gasteiger partial charge is 0.323 e. The van der Waals surface area contributed by atoms with Crippen LogP contribution in [0.4, 0.5) is 21.9 Å². The Kier molecular flexibility index (Phi) is 6.58. The molecule has 36 heavy (non-hydrogen) atoms. The fourth-order valence-electron chi connectivity index (χ4n) is 4.54. The lowest BCUT2D eigenvalue weighted by Crippen LogP contribution is -2.48. The average Bonchev–Trinajstić information content (AvgIpc) is 2.90. The number of nitrogens with one attached hydrogen (secondary N) is 2. The highest BCUT2D eigenvalue weighted by Crippen LogP contribution is 2.22. The van der Waals surface area contributed by atoms with E-state index >= 15 is 0 Å². The zero-order valence-corrected chi connectivity index (χ0v) is 20.6. The van der Waals surface area contributed by atoms with Crippen LogP contribution in [0.2, 0.25) is 0 Å². The summed E-state index contributed by atoms with van der Waals surface area (Å²) in [5.74, 6) is 0.0785. The van der Waals surface area contributed by atoms with Crippen LogP contribution in [0.25, 0.3) is 10.8 Å². The van der Waals surface area contributed by atoms with E-state index in [2.05, 4.69) is 21.6 Å². The maximum absolute atomic E-state index is 13.1. The molecule has 0 radical (unpaired) electrons. The van der Waals surface area contributed by atoms with Crippen molar-refractivity contribution < 1.29 is 9.59 Å². The minimum absolute atomic E-state index is 0.0785. The Morgan fingerprint density at radius 3 is 2.06 bits per heavy atom. The van der Waals surface area contributed by atoms with Gasteiger partial charge in [0.05, 0.1) is 0 Å².